The summed E-state index contributed by atoms with van der Waals surface area (Å²) in [6.45, 7) is 4.71. The van der Waals surface area contributed by atoms with Crippen LogP contribution in [-0.4, -0.2) is 40.9 Å². The summed E-state index contributed by atoms with van der Waals surface area (Å²) < 4.78 is 17.2. The van der Waals surface area contributed by atoms with Gasteiger partial charge >= 0.3 is 32.4 Å². The van der Waals surface area contributed by atoms with Gasteiger partial charge in [-0.05, 0) is 72.4 Å². The van der Waals surface area contributed by atoms with Gasteiger partial charge in [-0.15, -0.1) is 11.3 Å². The summed E-state index contributed by atoms with van der Waals surface area (Å²) in [4.78, 5) is 39.7. The Morgan fingerprint density at radius 1 is 0.625 bits per heavy atom. The molecule has 0 unspecified atom stereocenters. The van der Waals surface area contributed by atoms with E-state index in [-0.39, 0.29) is 32.4 Å². The standard InChI is InChI=1S/C51H33N8O3Si.Pt/c1-63(2)42-26-25-35(28-37(42)55-31-54(32-16-6-3-7-17-32)47-45-36-22-12-13-23-40(36)62-41(45)30-43(63)46(47)55)58-48-38(56(50(58)60)33-18-8-4-9-19-33)29-39-49(53-48)59(44-24-14-15-27-52-44)51(61)57(39)34-20-10-5-11-21-34;/h3-27,29-30H,1-2H3;/q-1;+2. The van der Waals surface area contributed by atoms with Crippen molar-refractivity contribution in [2.45, 2.75) is 13.1 Å². The van der Waals surface area contributed by atoms with E-state index in [0.717, 1.165) is 49.5 Å². The summed E-state index contributed by atoms with van der Waals surface area (Å²) >= 11 is 0. The molecule has 0 aliphatic carbocycles. The third-order valence-corrected chi connectivity index (χ3v) is 16.0. The van der Waals surface area contributed by atoms with Crippen LogP contribution in [0.15, 0.2) is 178 Å². The van der Waals surface area contributed by atoms with Crippen LogP contribution in [0.2, 0.25) is 13.1 Å². The van der Waals surface area contributed by atoms with Gasteiger partial charge in [0.05, 0.1) is 39.1 Å². The maximum atomic E-state index is 15.2. The van der Waals surface area contributed by atoms with Crippen LogP contribution in [0.4, 0.5) is 0 Å². The van der Waals surface area contributed by atoms with Crippen molar-refractivity contribution in [1.82, 2.24) is 32.8 Å². The average Bonchev–Trinajstić information content (AvgIpc) is 4.05. The zero-order valence-electron chi connectivity index (χ0n) is 34.2. The number of nitrogens with zero attached hydrogens (tertiary/aromatic N) is 8. The van der Waals surface area contributed by atoms with E-state index in [1.807, 2.05) is 115 Å². The molecule has 7 heterocycles. The smallest absolute Gasteiger partial charge is 0.457 e. The number of hydrogen-bond acceptors (Lipinski definition) is 5. The van der Waals surface area contributed by atoms with Crippen molar-refractivity contribution in [2.75, 3.05) is 0 Å². The molecule has 0 radical (unpaired) electrons. The van der Waals surface area contributed by atoms with Crippen LogP contribution in [0.5, 0.6) is 0 Å². The maximum Gasteiger partial charge on any atom is 2.00 e. The molecule has 1 aliphatic heterocycles. The Morgan fingerprint density at radius 2 is 1.25 bits per heavy atom. The minimum Gasteiger partial charge on any atom is -0.457 e. The second-order valence-corrected chi connectivity index (χ2v) is 20.7. The van der Waals surface area contributed by atoms with E-state index >= 15 is 4.79 Å². The van der Waals surface area contributed by atoms with Crippen molar-refractivity contribution in [3.8, 4) is 34.3 Å². The number of benzene rings is 6. The number of fused-ring (bicyclic) bond motifs is 8. The van der Waals surface area contributed by atoms with Crippen LogP contribution in [0.3, 0.4) is 0 Å². The zero-order valence-corrected chi connectivity index (χ0v) is 37.5. The number of pyridine rings is 2. The van der Waals surface area contributed by atoms with Gasteiger partial charge in [0, 0.05) is 25.0 Å². The molecule has 0 saturated heterocycles. The molecule has 6 aromatic carbocycles. The summed E-state index contributed by atoms with van der Waals surface area (Å²) in [6.07, 6.45) is 5.40. The number of aromatic nitrogens is 8. The van der Waals surface area contributed by atoms with Gasteiger partial charge in [0.15, 0.2) is 11.3 Å². The molecule has 0 bridgehead atoms. The van der Waals surface area contributed by atoms with Crippen molar-refractivity contribution in [1.29, 1.82) is 0 Å². The molecule has 308 valence electrons. The van der Waals surface area contributed by atoms with Crippen LogP contribution < -0.4 is 26.3 Å². The normalized spacial score (nSPS) is 13.0. The molecular weight excluding hydrogens is 996 g/mol. The fourth-order valence-electron chi connectivity index (χ4n) is 9.61. The van der Waals surface area contributed by atoms with Gasteiger partial charge in [-0.2, -0.15) is 12.1 Å². The van der Waals surface area contributed by atoms with Crippen molar-refractivity contribution >= 4 is 73.7 Å². The quantitative estimate of drug-likeness (QED) is 0.101. The first kappa shape index (κ1) is 38.0. The largest absolute Gasteiger partial charge is 2.00 e. The molecule has 1 aliphatic rings. The average molecular weight is 1030 g/mol. The molecular formula is C51H33N8O3PtSi+. The molecule has 6 aromatic heterocycles. The van der Waals surface area contributed by atoms with Crippen LogP contribution in [0, 0.1) is 12.4 Å². The van der Waals surface area contributed by atoms with Crippen LogP contribution in [0.1, 0.15) is 0 Å². The number of furan rings is 1. The third-order valence-electron chi connectivity index (χ3n) is 12.5. The van der Waals surface area contributed by atoms with Crippen molar-refractivity contribution in [2.24, 2.45) is 0 Å². The molecule has 0 atom stereocenters. The summed E-state index contributed by atoms with van der Waals surface area (Å²) in [6, 6.07) is 54.8. The van der Waals surface area contributed by atoms with E-state index in [1.165, 1.54) is 9.75 Å². The Kier molecular flexibility index (Phi) is 8.27. The molecule has 11 nitrogen and oxygen atoms in total. The summed E-state index contributed by atoms with van der Waals surface area (Å²) in [7, 11) is -2.47. The predicted molar refractivity (Wildman–Crippen MR) is 247 cm³/mol. The van der Waals surface area contributed by atoms with Gasteiger partial charge in [-0.3, -0.25) is 18.3 Å². The van der Waals surface area contributed by atoms with Crippen LogP contribution in [-0.2, 0) is 21.1 Å². The first-order chi connectivity index (χ1) is 30.9. The summed E-state index contributed by atoms with van der Waals surface area (Å²) in [5.74, 6) is 0.412. The topological polar surface area (TPSA) is 102 Å². The summed E-state index contributed by atoms with van der Waals surface area (Å²) in [5, 5.41) is 4.41. The molecule has 0 saturated carbocycles. The van der Waals surface area contributed by atoms with E-state index in [0.29, 0.717) is 45.2 Å². The summed E-state index contributed by atoms with van der Waals surface area (Å²) in [5.41, 5.74) is 8.41. The monoisotopic (exact) mass is 1030 g/mol. The first-order valence-electron chi connectivity index (χ1n) is 20.7. The van der Waals surface area contributed by atoms with E-state index in [4.69, 9.17) is 9.40 Å². The Bertz CT molecular complexity index is 3980. The fourth-order valence-corrected chi connectivity index (χ4v) is 12.5. The molecule has 0 fully saturated rings. The number of imidazole rings is 3. The minimum absolute atomic E-state index is 0. The molecule has 12 aromatic rings. The molecule has 0 spiro atoms. The van der Waals surface area contributed by atoms with Crippen molar-refractivity contribution < 1.29 is 30.0 Å². The fraction of sp³-hybridized carbons (Fsp3) is 0.0392. The second kappa shape index (κ2) is 13.9. The molecule has 13 rings (SSSR count). The third kappa shape index (κ3) is 5.20. The number of hydrogen-bond donors (Lipinski definition) is 0. The minimum atomic E-state index is -2.47. The Balaban J connectivity index is 0.00000433. The Morgan fingerprint density at radius 3 is 1.94 bits per heavy atom. The zero-order chi connectivity index (χ0) is 42.1. The Hall–Kier alpha value is -7.66. The Labute approximate surface area is 379 Å². The number of para-hydroxylation sites is 4. The van der Waals surface area contributed by atoms with E-state index in [1.54, 1.807) is 32.0 Å². The SMILES string of the molecule is C[Si]1(C)c2ccc(-n3c(=O)n(-c4ccccc4)c4cc5c(nc43)n(-c3ccccn3)c(=O)n5-c3ccccc3)[c-]c2-n2[c-][n+](-c3ccccc3)c3c4c(cc1c32)oc1ccccc14.[Pt+2]. The van der Waals surface area contributed by atoms with Gasteiger partial charge in [0.25, 0.3) is 6.33 Å². The number of rotatable bonds is 5. The maximum absolute atomic E-state index is 15.2. The van der Waals surface area contributed by atoms with E-state index in [2.05, 4.69) is 69.9 Å². The van der Waals surface area contributed by atoms with E-state index < -0.39 is 8.07 Å². The van der Waals surface area contributed by atoms with Gasteiger partial charge in [0.1, 0.15) is 17.0 Å². The predicted octanol–water partition coefficient (Wildman–Crippen LogP) is 7.52. The van der Waals surface area contributed by atoms with E-state index in [9.17, 15) is 4.79 Å². The van der Waals surface area contributed by atoms with Gasteiger partial charge in [-0.1, -0.05) is 103 Å². The van der Waals surface area contributed by atoms with Gasteiger partial charge in [0.2, 0.25) is 0 Å². The van der Waals surface area contributed by atoms with Gasteiger partial charge < -0.3 is 8.98 Å². The molecule has 64 heavy (non-hydrogen) atoms. The van der Waals surface area contributed by atoms with Crippen LogP contribution in [0.25, 0.3) is 89.6 Å². The van der Waals surface area contributed by atoms with Gasteiger partial charge in [-0.25, -0.2) is 24.1 Å². The molecule has 13 heteroatoms. The van der Waals surface area contributed by atoms with Crippen molar-refractivity contribution in [3.63, 3.8) is 0 Å². The second-order valence-electron chi connectivity index (χ2n) is 16.4. The molecule has 0 amide bonds. The van der Waals surface area contributed by atoms with Crippen LogP contribution >= 0.6 is 0 Å². The van der Waals surface area contributed by atoms with Crippen molar-refractivity contribution in [3.05, 3.63) is 197 Å². The first-order valence-corrected chi connectivity index (χ1v) is 23.7. The molecule has 0 N–H and O–H groups in total.